The van der Waals surface area contributed by atoms with E-state index < -0.39 is 0 Å². The fraction of sp³-hybridized carbons (Fsp3) is 0.455. The molecule has 0 aliphatic heterocycles. The molecular weight excluding hydrogens is 412 g/mol. The number of carbonyl (C=O) groups is 1. The molecule has 0 aliphatic carbocycles. The molecule has 3 N–H and O–H groups in total. The molecule has 0 saturated heterocycles. The molecule has 0 bridgehead atoms. The first kappa shape index (κ1) is 23.1. The Morgan fingerprint density at radius 1 is 1.28 bits per heavy atom. The van der Waals surface area contributed by atoms with E-state index in [9.17, 15) is 9.59 Å². The Morgan fingerprint density at radius 3 is 2.84 bits per heavy atom. The van der Waals surface area contributed by atoms with Gasteiger partial charge in [0.05, 0.1) is 20.1 Å². The second kappa shape index (κ2) is 10.7. The average Bonchev–Trinajstić information content (AvgIpc) is 3.10. The molecular formula is C22H30N6O4. The number of rotatable bonds is 11. The molecule has 0 fully saturated rings. The molecule has 0 aliphatic rings. The van der Waals surface area contributed by atoms with E-state index >= 15 is 0 Å². The zero-order valence-corrected chi connectivity index (χ0v) is 18.8. The SMILES string of the molecule is CCCCOc1nc(N)c2[nH]c(=O)n(CCCN(C)c3cccc(CC(=O)OC)c3)c2n1. The molecule has 0 radical (unpaired) electrons. The van der Waals surface area contributed by atoms with Gasteiger partial charge in [-0.05, 0) is 30.5 Å². The third-order valence-electron chi connectivity index (χ3n) is 5.16. The van der Waals surface area contributed by atoms with Crippen LogP contribution in [0.3, 0.4) is 0 Å². The number of nitrogens with two attached hydrogens (primary N) is 1. The highest BCUT2D eigenvalue weighted by molar-refractivity contribution is 5.81. The number of nitrogen functional groups attached to an aromatic ring is 1. The van der Waals surface area contributed by atoms with Crippen molar-refractivity contribution in [3.05, 3.63) is 40.3 Å². The number of nitrogens with zero attached hydrogens (tertiary/aromatic N) is 4. The van der Waals surface area contributed by atoms with Gasteiger partial charge in [0.2, 0.25) is 0 Å². The first-order valence-electron chi connectivity index (χ1n) is 10.7. The molecule has 10 heteroatoms. The summed E-state index contributed by atoms with van der Waals surface area (Å²) < 4.78 is 11.9. The summed E-state index contributed by atoms with van der Waals surface area (Å²) in [5.41, 5.74) is 8.44. The summed E-state index contributed by atoms with van der Waals surface area (Å²) in [6.07, 6.45) is 2.80. The normalized spacial score (nSPS) is 11.0. The van der Waals surface area contributed by atoms with Gasteiger partial charge in [-0.25, -0.2) is 4.79 Å². The van der Waals surface area contributed by atoms with Crippen molar-refractivity contribution in [3.63, 3.8) is 0 Å². The number of carbonyl (C=O) groups excluding carboxylic acids is 1. The van der Waals surface area contributed by atoms with Gasteiger partial charge in [0.15, 0.2) is 11.5 Å². The number of benzene rings is 1. The van der Waals surface area contributed by atoms with E-state index in [4.69, 9.17) is 15.2 Å². The number of anilines is 2. The van der Waals surface area contributed by atoms with Crippen molar-refractivity contribution in [2.24, 2.45) is 0 Å². The largest absolute Gasteiger partial charge is 0.469 e. The Bertz CT molecular complexity index is 1120. The molecule has 3 rings (SSSR count). The fourth-order valence-electron chi connectivity index (χ4n) is 3.35. The summed E-state index contributed by atoms with van der Waals surface area (Å²) in [5.74, 6) is -0.0836. The van der Waals surface area contributed by atoms with Crippen LogP contribution in [0.1, 0.15) is 31.7 Å². The topological polar surface area (TPSA) is 128 Å². The molecule has 2 aromatic heterocycles. The lowest BCUT2D eigenvalue weighted by Gasteiger charge is -2.20. The van der Waals surface area contributed by atoms with Crippen molar-refractivity contribution in [3.8, 4) is 6.01 Å². The first-order chi connectivity index (χ1) is 15.4. The van der Waals surface area contributed by atoms with Gasteiger partial charge in [0.25, 0.3) is 0 Å². The van der Waals surface area contributed by atoms with Gasteiger partial charge < -0.3 is 25.1 Å². The maximum atomic E-state index is 12.5. The highest BCUT2D eigenvalue weighted by atomic mass is 16.5. The zero-order chi connectivity index (χ0) is 23.1. The van der Waals surface area contributed by atoms with Gasteiger partial charge >= 0.3 is 17.7 Å². The minimum absolute atomic E-state index is 0.177. The van der Waals surface area contributed by atoms with Crippen LogP contribution in [-0.4, -0.2) is 52.8 Å². The number of aryl methyl sites for hydroxylation is 1. The minimum Gasteiger partial charge on any atom is -0.469 e. The summed E-state index contributed by atoms with van der Waals surface area (Å²) >= 11 is 0. The van der Waals surface area contributed by atoms with Gasteiger partial charge in [0.1, 0.15) is 5.52 Å². The second-order valence-corrected chi connectivity index (χ2v) is 7.57. The fourth-order valence-corrected chi connectivity index (χ4v) is 3.35. The van der Waals surface area contributed by atoms with Crippen LogP contribution in [0.5, 0.6) is 6.01 Å². The molecule has 1 aromatic carbocycles. The number of fused-ring (bicyclic) bond motifs is 1. The van der Waals surface area contributed by atoms with Crippen molar-refractivity contribution < 1.29 is 14.3 Å². The number of imidazole rings is 1. The number of aromatic amines is 1. The van der Waals surface area contributed by atoms with Gasteiger partial charge in [-0.1, -0.05) is 25.5 Å². The van der Waals surface area contributed by atoms with E-state index in [1.807, 2.05) is 31.3 Å². The number of hydrogen-bond acceptors (Lipinski definition) is 8. The number of esters is 1. The smallest absolute Gasteiger partial charge is 0.327 e. The summed E-state index contributed by atoms with van der Waals surface area (Å²) in [6.45, 7) is 3.71. The third kappa shape index (κ3) is 5.57. The van der Waals surface area contributed by atoms with Crippen molar-refractivity contribution in [1.82, 2.24) is 19.5 Å². The van der Waals surface area contributed by atoms with E-state index in [-0.39, 0.29) is 29.9 Å². The quantitative estimate of drug-likeness (QED) is 0.341. The monoisotopic (exact) mass is 442 g/mol. The molecule has 32 heavy (non-hydrogen) atoms. The lowest BCUT2D eigenvalue weighted by atomic mass is 10.1. The molecule has 10 nitrogen and oxygen atoms in total. The molecule has 0 spiro atoms. The number of ether oxygens (including phenoxy) is 2. The third-order valence-corrected chi connectivity index (χ3v) is 5.16. The summed E-state index contributed by atoms with van der Waals surface area (Å²) in [5, 5.41) is 0. The van der Waals surface area contributed by atoms with E-state index in [0.29, 0.717) is 37.3 Å². The molecule has 2 heterocycles. The van der Waals surface area contributed by atoms with Crippen molar-refractivity contribution in [1.29, 1.82) is 0 Å². The number of unbranched alkanes of at least 4 members (excludes halogenated alkanes) is 1. The van der Waals surface area contributed by atoms with Crippen LogP contribution in [0, 0.1) is 0 Å². The highest BCUT2D eigenvalue weighted by Gasteiger charge is 2.15. The molecule has 0 amide bonds. The Hall–Kier alpha value is -3.56. The number of hydrogen-bond donors (Lipinski definition) is 2. The Kier molecular flexibility index (Phi) is 7.69. The maximum Gasteiger partial charge on any atom is 0.327 e. The van der Waals surface area contributed by atoms with E-state index in [1.54, 1.807) is 4.57 Å². The van der Waals surface area contributed by atoms with Crippen LogP contribution in [0.4, 0.5) is 11.5 Å². The van der Waals surface area contributed by atoms with E-state index in [2.05, 4.69) is 26.8 Å². The van der Waals surface area contributed by atoms with Gasteiger partial charge in [0, 0.05) is 25.8 Å². The van der Waals surface area contributed by atoms with Crippen LogP contribution in [0.15, 0.2) is 29.1 Å². The minimum atomic E-state index is -0.283. The van der Waals surface area contributed by atoms with Gasteiger partial charge in [-0.15, -0.1) is 0 Å². The summed E-state index contributed by atoms with van der Waals surface area (Å²) in [4.78, 5) is 37.3. The molecule has 3 aromatic rings. The van der Waals surface area contributed by atoms with Crippen molar-refractivity contribution in [2.45, 2.75) is 39.2 Å². The zero-order valence-electron chi connectivity index (χ0n) is 18.8. The van der Waals surface area contributed by atoms with Crippen LogP contribution < -0.4 is 21.1 Å². The van der Waals surface area contributed by atoms with Crippen LogP contribution in [-0.2, 0) is 22.5 Å². The Balaban J connectivity index is 1.68. The second-order valence-electron chi connectivity index (χ2n) is 7.57. The molecule has 172 valence electrons. The van der Waals surface area contributed by atoms with Crippen molar-refractivity contribution >= 4 is 28.6 Å². The van der Waals surface area contributed by atoms with E-state index in [1.165, 1.54) is 7.11 Å². The summed E-state index contributed by atoms with van der Waals surface area (Å²) in [7, 11) is 3.35. The molecule has 0 atom stereocenters. The molecule has 0 saturated carbocycles. The standard InChI is InChI=1S/C22H30N6O4/c1-4-5-12-32-21-25-19(23)18-20(26-21)28(22(30)24-18)11-7-10-27(2)16-9-6-8-15(13-16)14-17(29)31-3/h6,8-9,13H,4-5,7,10-12,14H2,1-3H3,(H,24,30)(H2,23,25,26). The highest BCUT2D eigenvalue weighted by Crippen LogP contribution is 2.19. The lowest BCUT2D eigenvalue weighted by molar-refractivity contribution is -0.139. The Labute approximate surface area is 186 Å². The van der Waals surface area contributed by atoms with Crippen LogP contribution in [0.25, 0.3) is 11.2 Å². The van der Waals surface area contributed by atoms with Gasteiger partial charge in [-0.2, -0.15) is 9.97 Å². The number of methoxy groups -OCH3 is 1. The maximum absolute atomic E-state index is 12.5. The number of H-pyrrole nitrogens is 1. The lowest BCUT2D eigenvalue weighted by Crippen LogP contribution is -2.23. The van der Waals surface area contributed by atoms with E-state index in [0.717, 1.165) is 24.1 Å². The Morgan fingerprint density at radius 2 is 2.09 bits per heavy atom. The first-order valence-corrected chi connectivity index (χ1v) is 10.7. The van der Waals surface area contributed by atoms with Crippen LogP contribution in [0.2, 0.25) is 0 Å². The number of nitrogens with one attached hydrogen (secondary N) is 1. The van der Waals surface area contributed by atoms with Crippen molar-refractivity contribution in [2.75, 3.05) is 37.9 Å². The van der Waals surface area contributed by atoms with Gasteiger partial charge in [-0.3, -0.25) is 9.36 Å². The van der Waals surface area contributed by atoms with Crippen LogP contribution >= 0.6 is 0 Å². The molecule has 0 unspecified atom stereocenters. The summed E-state index contributed by atoms with van der Waals surface area (Å²) in [6, 6.07) is 7.92. The number of aromatic nitrogens is 4. The predicted molar refractivity (Wildman–Crippen MR) is 123 cm³/mol. The average molecular weight is 443 g/mol. The predicted octanol–water partition coefficient (Wildman–Crippen LogP) is 2.12.